The standard InChI is InChI=1S/C17H16N4O3/c1-2-24-15-5-3-4-12(16(15)22)9-20-21-17(23)11-6-7-13-14(8-11)19-10-18-13/h3-10,22H,2H2,1H3,(H,18,19)(H,21,23)/b20-9-. The molecule has 2 aromatic carbocycles. The number of hydrogen-bond donors (Lipinski definition) is 3. The fourth-order valence-corrected chi connectivity index (χ4v) is 2.22. The molecule has 0 saturated heterocycles. The number of rotatable bonds is 5. The molecule has 1 heterocycles. The van der Waals surface area contributed by atoms with Crippen molar-refractivity contribution in [2.45, 2.75) is 6.92 Å². The van der Waals surface area contributed by atoms with Gasteiger partial charge in [0.15, 0.2) is 11.5 Å². The van der Waals surface area contributed by atoms with Crippen molar-refractivity contribution in [1.29, 1.82) is 0 Å². The number of ether oxygens (including phenoxy) is 1. The van der Waals surface area contributed by atoms with E-state index in [2.05, 4.69) is 20.5 Å². The molecule has 0 aliphatic heterocycles. The van der Waals surface area contributed by atoms with Gasteiger partial charge in [0.25, 0.3) is 5.91 Å². The molecule has 0 radical (unpaired) electrons. The zero-order valence-corrected chi connectivity index (χ0v) is 13.0. The van der Waals surface area contributed by atoms with Crippen molar-refractivity contribution in [2.24, 2.45) is 5.10 Å². The number of aromatic hydroxyl groups is 1. The Hall–Kier alpha value is -3.35. The Morgan fingerprint density at radius 1 is 1.42 bits per heavy atom. The van der Waals surface area contributed by atoms with Gasteiger partial charge in [-0.05, 0) is 37.3 Å². The molecule has 3 rings (SSSR count). The number of aromatic nitrogens is 2. The maximum Gasteiger partial charge on any atom is 0.271 e. The van der Waals surface area contributed by atoms with E-state index in [4.69, 9.17) is 4.74 Å². The molecule has 1 aromatic heterocycles. The van der Waals surface area contributed by atoms with Gasteiger partial charge in [-0.2, -0.15) is 5.10 Å². The zero-order valence-electron chi connectivity index (χ0n) is 13.0. The van der Waals surface area contributed by atoms with Crippen molar-refractivity contribution >= 4 is 23.2 Å². The third-order valence-electron chi connectivity index (χ3n) is 3.38. The summed E-state index contributed by atoms with van der Waals surface area (Å²) in [4.78, 5) is 19.2. The summed E-state index contributed by atoms with van der Waals surface area (Å²) in [6, 6.07) is 10.2. The van der Waals surface area contributed by atoms with Crippen LogP contribution >= 0.6 is 0 Å². The van der Waals surface area contributed by atoms with Gasteiger partial charge >= 0.3 is 0 Å². The third kappa shape index (κ3) is 3.19. The molecule has 7 heteroatoms. The summed E-state index contributed by atoms with van der Waals surface area (Å²) >= 11 is 0. The van der Waals surface area contributed by atoms with Gasteiger partial charge in [-0.15, -0.1) is 0 Å². The Bertz CT molecular complexity index is 902. The summed E-state index contributed by atoms with van der Waals surface area (Å²) in [5.41, 5.74) is 4.89. The van der Waals surface area contributed by atoms with Crippen molar-refractivity contribution in [2.75, 3.05) is 6.61 Å². The molecule has 0 bridgehead atoms. The van der Waals surface area contributed by atoms with Crippen LogP contribution in [0.5, 0.6) is 11.5 Å². The number of amides is 1. The highest BCUT2D eigenvalue weighted by molar-refractivity contribution is 5.97. The molecule has 0 aliphatic carbocycles. The number of carbonyl (C=O) groups excluding carboxylic acids is 1. The first kappa shape index (κ1) is 15.5. The van der Waals surface area contributed by atoms with Crippen LogP contribution in [0.3, 0.4) is 0 Å². The summed E-state index contributed by atoms with van der Waals surface area (Å²) < 4.78 is 5.30. The molecule has 1 amide bonds. The summed E-state index contributed by atoms with van der Waals surface area (Å²) in [5.74, 6) is -0.00287. The number of para-hydroxylation sites is 1. The van der Waals surface area contributed by atoms with E-state index >= 15 is 0 Å². The second-order valence-electron chi connectivity index (χ2n) is 4.96. The number of hydrazone groups is 1. The van der Waals surface area contributed by atoms with Crippen LogP contribution in [0.1, 0.15) is 22.8 Å². The molecule has 3 aromatic rings. The van der Waals surface area contributed by atoms with Crippen molar-refractivity contribution in [3.63, 3.8) is 0 Å². The molecule has 122 valence electrons. The molecular formula is C17H16N4O3. The van der Waals surface area contributed by atoms with Gasteiger partial charge in [-0.1, -0.05) is 6.07 Å². The Morgan fingerprint density at radius 2 is 2.29 bits per heavy atom. The van der Waals surface area contributed by atoms with Crippen molar-refractivity contribution < 1.29 is 14.6 Å². The molecule has 3 N–H and O–H groups in total. The summed E-state index contributed by atoms with van der Waals surface area (Å²) in [7, 11) is 0. The number of aromatic amines is 1. The van der Waals surface area contributed by atoms with Gasteiger partial charge in [0.2, 0.25) is 0 Å². The van der Waals surface area contributed by atoms with E-state index < -0.39 is 0 Å². The molecule has 0 saturated carbocycles. The molecule has 7 nitrogen and oxygen atoms in total. The first-order valence-electron chi connectivity index (χ1n) is 7.40. The number of nitrogens with zero attached hydrogens (tertiary/aromatic N) is 2. The molecule has 0 unspecified atom stereocenters. The van der Waals surface area contributed by atoms with Gasteiger partial charge in [0.05, 0.1) is 30.2 Å². The number of benzene rings is 2. The minimum Gasteiger partial charge on any atom is -0.504 e. The lowest BCUT2D eigenvalue weighted by molar-refractivity contribution is 0.0955. The maximum atomic E-state index is 12.1. The van der Waals surface area contributed by atoms with Crippen LogP contribution in [0.2, 0.25) is 0 Å². The highest BCUT2D eigenvalue weighted by atomic mass is 16.5. The molecule has 0 fully saturated rings. The maximum absolute atomic E-state index is 12.1. The predicted octanol–water partition coefficient (Wildman–Crippen LogP) is 2.43. The average molecular weight is 324 g/mol. The molecule has 0 atom stereocenters. The molecule has 0 spiro atoms. The molecule has 24 heavy (non-hydrogen) atoms. The highest BCUT2D eigenvalue weighted by Crippen LogP contribution is 2.28. The van der Waals surface area contributed by atoms with Crippen LogP contribution in [0, 0.1) is 0 Å². The first-order valence-corrected chi connectivity index (χ1v) is 7.40. The zero-order chi connectivity index (χ0) is 16.9. The van der Waals surface area contributed by atoms with Crippen LogP contribution in [0.15, 0.2) is 47.8 Å². The predicted molar refractivity (Wildman–Crippen MR) is 90.4 cm³/mol. The first-order chi connectivity index (χ1) is 11.7. The second kappa shape index (κ2) is 6.82. The smallest absolute Gasteiger partial charge is 0.271 e. The number of hydrogen-bond acceptors (Lipinski definition) is 5. The quantitative estimate of drug-likeness (QED) is 0.496. The number of phenols is 1. The van der Waals surface area contributed by atoms with Crippen LogP contribution in [-0.4, -0.2) is 33.8 Å². The van der Waals surface area contributed by atoms with Gasteiger partial charge in [-0.25, -0.2) is 10.4 Å². The van der Waals surface area contributed by atoms with Crippen LogP contribution in [0.4, 0.5) is 0 Å². The largest absolute Gasteiger partial charge is 0.504 e. The Labute approximate surface area is 138 Å². The van der Waals surface area contributed by atoms with E-state index in [-0.39, 0.29) is 11.7 Å². The van der Waals surface area contributed by atoms with E-state index in [1.807, 2.05) is 6.92 Å². The van der Waals surface area contributed by atoms with E-state index in [0.717, 1.165) is 11.0 Å². The topological polar surface area (TPSA) is 99.6 Å². The summed E-state index contributed by atoms with van der Waals surface area (Å²) in [6.07, 6.45) is 2.93. The number of H-pyrrole nitrogens is 1. The van der Waals surface area contributed by atoms with Crippen LogP contribution < -0.4 is 10.2 Å². The number of imidazole rings is 1. The van der Waals surface area contributed by atoms with E-state index in [9.17, 15) is 9.90 Å². The van der Waals surface area contributed by atoms with Gasteiger partial charge in [0, 0.05) is 11.1 Å². The summed E-state index contributed by atoms with van der Waals surface area (Å²) in [5, 5.41) is 13.9. The number of fused-ring (bicyclic) bond motifs is 1. The van der Waals surface area contributed by atoms with Crippen LogP contribution in [0.25, 0.3) is 11.0 Å². The molecule has 0 aliphatic rings. The van der Waals surface area contributed by atoms with Crippen LogP contribution in [-0.2, 0) is 0 Å². The van der Waals surface area contributed by atoms with Crippen molar-refractivity contribution in [3.05, 3.63) is 53.9 Å². The Kier molecular flexibility index (Phi) is 4.42. The SMILES string of the molecule is CCOc1cccc(/C=N\NC(=O)c2ccc3nc[nH]c3c2)c1O. The lowest BCUT2D eigenvalue weighted by atomic mass is 10.2. The minimum absolute atomic E-state index is 0.0174. The highest BCUT2D eigenvalue weighted by Gasteiger charge is 2.08. The number of carbonyl (C=O) groups is 1. The fourth-order valence-electron chi connectivity index (χ4n) is 2.22. The summed E-state index contributed by atoms with van der Waals surface area (Å²) in [6.45, 7) is 2.28. The third-order valence-corrected chi connectivity index (χ3v) is 3.38. The van der Waals surface area contributed by atoms with Crippen molar-refractivity contribution in [1.82, 2.24) is 15.4 Å². The van der Waals surface area contributed by atoms with Gasteiger partial charge in [0.1, 0.15) is 0 Å². The fraction of sp³-hybridized carbons (Fsp3) is 0.118. The monoisotopic (exact) mass is 324 g/mol. The average Bonchev–Trinajstić information content (AvgIpc) is 3.06. The Morgan fingerprint density at radius 3 is 3.12 bits per heavy atom. The second-order valence-corrected chi connectivity index (χ2v) is 4.96. The Balaban J connectivity index is 1.71. The lowest BCUT2D eigenvalue weighted by Crippen LogP contribution is -2.17. The van der Waals surface area contributed by atoms with Gasteiger partial charge in [-0.3, -0.25) is 4.79 Å². The van der Waals surface area contributed by atoms with E-state index in [0.29, 0.717) is 23.5 Å². The minimum atomic E-state index is -0.358. The normalized spacial score (nSPS) is 11.0. The van der Waals surface area contributed by atoms with Crippen molar-refractivity contribution in [3.8, 4) is 11.5 Å². The molecular weight excluding hydrogens is 308 g/mol. The van der Waals surface area contributed by atoms with E-state index in [1.165, 1.54) is 6.21 Å². The number of phenolic OH excluding ortho intramolecular Hbond substituents is 1. The van der Waals surface area contributed by atoms with Gasteiger partial charge < -0.3 is 14.8 Å². The number of nitrogens with one attached hydrogen (secondary N) is 2. The lowest BCUT2D eigenvalue weighted by Gasteiger charge is -2.07. The van der Waals surface area contributed by atoms with E-state index in [1.54, 1.807) is 42.7 Å².